The summed E-state index contributed by atoms with van der Waals surface area (Å²) < 4.78 is 1.85. The molecule has 5 nitrogen and oxygen atoms in total. The highest BCUT2D eigenvalue weighted by atomic mass is 15.3. The fourth-order valence-electron chi connectivity index (χ4n) is 2.18. The number of hydrogen-bond acceptors (Lipinski definition) is 4. The van der Waals surface area contributed by atoms with Crippen molar-refractivity contribution in [3.63, 3.8) is 0 Å². The van der Waals surface area contributed by atoms with E-state index in [4.69, 9.17) is 0 Å². The van der Waals surface area contributed by atoms with Gasteiger partial charge in [-0.1, -0.05) is 18.2 Å². The third-order valence-corrected chi connectivity index (χ3v) is 3.47. The molecule has 0 unspecified atom stereocenters. The van der Waals surface area contributed by atoms with Crippen LogP contribution in [0.15, 0.2) is 55.0 Å². The number of para-hydroxylation sites is 1. The minimum atomic E-state index is 0.548. The molecule has 0 amide bonds. The molecular formula is C16H15N5. The number of anilines is 1. The van der Waals surface area contributed by atoms with Crippen molar-refractivity contribution in [3.05, 3.63) is 55.0 Å². The molecule has 5 heteroatoms. The summed E-state index contributed by atoms with van der Waals surface area (Å²) in [4.78, 5) is 8.82. The Balaban J connectivity index is 1.63. The maximum Gasteiger partial charge on any atom is 0.223 e. The Morgan fingerprint density at radius 3 is 2.76 bits per heavy atom. The van der Waals surface area contributed by atoms with Gasteiger partial charge in [-0.05, 0) is 31.0 Å². The zero-order chi connectivity index (χ0) is 14.1. The summed E-state index contributed by atoms with van der Waals surface area (Å²) in [6.45, 7) is 0. The zero-order valence-electron chi connectivity index (χ0n) is 11.5. The summed E-state index contributed by atoms with van der Waals surface area (Å²) in [5, 5.41) is 7.72. The smallest absolute Gasteiger partial charge is 0.223 e. The quantitative estimate of drug-likeness (QED) is 0.796. The summed E-state index contributed by atoms with van der Waals surface area (Å²) in [5.41, 5.74) is 2.91. The fourth-order valence-corrected chi connectivity index (χ4v) is 2.18. The first-order valence-corrected chi connectivity index (χ1v) is 7.08. The molecule has 0 radical (unpaired) electrons. The van der Waals surface area contributed by atoms with E-state index in [0.29, 0.717) is 12.0 Å². The molecule has 1 aliphatic rings. The third-order valence-electron chi connectivity index (χ3n) is 3.47. The van der Waals surface area contributed by atoms with Gasteiger partial charge in [0.15, 0.2) is 0 Å². The molecule has 0 spiro atoms. The van der Waals surface area contributed by atoms with E-state index in [1.54, 1.807) is 6.20 Å². The summed E-state index contributed by atoms with van der Waals surface area (Å²) >= 11 is 0. The lowest BCUT2D eigenvalue weighted by molar-refractivity contribution is 0.880. The summed E-state index contributed by atoms with van der Waals surface area (Å²) in [5.74, 6) is 0.697. The van der Waals surface area contributed by atoms with E-state index in [1.165, 1.54) is 12.8 Å². The van der Waals surface area contributed by atoms with Gasteiger partial charge in [0.25, 0.3) is 0 Å². The number of hydrogen-bond donors (Lipinski definition) is 1. The molecule has 0 saturated heterocycles. The second-order valence-corrected chi connectivity index (χ2v) is 5.19. The van der Waals surface area contributed by atoms with Gasteiger partial charge in [0.05, 0.1) is 17.6 Å². The van der Waals surface area contributed by atoms with Crippen molar-refractivity contribution in [2.24, 2.45) is 0 Å². The van der Waals surface area contributed by atoms with Crippen LogP contribution in [0.25, 0.3) is 16.9 Å². The number of benzene rings is 1. The van der Waals surface area contributed by atoms with E-state index in [0.717, 1.165) is 16.9 Å². The van der Waals surface area contributed by atoms with Crippen LogP contribution in [0.5, 0.6) is 0 Å². The number of nitrogens with zero attached hydrogens (tertiary/aromatic N) is 4. The minimum Gasteiger partial charge on any atom is -0.351 e. The van der Waals surface area contributed by atoms with E-state index in [2.05, 4.69) is 20.4 Å². The van der Waals surface area contributed by atoms with E-state index in [-0.39, 0.29) is 0 Å². The Morgan fingerprint density at radius 1 is 1.10 bits per heavy atom. The topological polar surface area (TPSA) is 55.6 Å². The van der Waals surface area contributed by atoms with Crippen molar-refractivity contribution >= 4 is 5.95 Å². The number of nitrogens with one attached hydrogen (secondary N) is 1. The van der Waals surface area contributed by atoms with Crippen molar-refractivity contribution in [2.75, 3.05) is 5.32 Å². The van der Waals surface area contributed by atoms with Crippen LogP contribution in [-0.2, 0) is 0 Å². The maximum atomic E-state index is 4.55. The van der Waals surface area contributed by atoms with Crippen molar-refractivity contribution in [2.45, 2.75) is 18.9 Å². The van der Waals surface area contributed by atoms with E-state index in [1.807, 2.05) is 53.5 Å². The van der Waals surface area contributed by atoms with Crippen molar-refractivity contribution in [1.82, 2.24) is 19.7 Å². The van der Waals surface area contributed by atoms with Crippen molar-refractivity contribution < 1.29 is 0 Å². The Kier molecular flexibility index (Phi) is 2.88. The average Bonchev–Trinajstić information content (AvgIpc) is 3.20. The Hall–Kier alpha value is -2.69. The van der Waals surface area contributed by atoms with Gasteiger partial charge in [0.2, 0.25) is 5.95 Å². The molecule has 21 heavy (non-hydrogen) atoms. The van der Waals surface area contributed by atoms with Crippen LogP contribution < -0.4 is 5.32 Å². The first-order chi connectivity index (χ1) is 10.4. The average molecular weight is 277 g/mol. The van der Waals surface area contributed by atoms with Gasteiger partial charge in [0.1, 0.15) is 0 Å². The lowest BCUT2D eigenvalue weighted by Crippen LogP contribution is -2.05. The lowest BCUT2D eigenvalue weighted by Gasteiger charge is -2.03. The second kappa shape index (κ2) is 5.01. The molecule has 0 aliphatic heterocycles. The molecule has 0 bridgehead atoms. The van der Waals surface area contributed by atoms with Crippen LogP contribution in [0.3, 0.4) is 0 Å². The predicted octanol–water partition coefficient (Wildman–Crippen LogP) is 2.90. The molecule has 1 aromatic carbocycles. The first kappa shape index (κ1) is 12.1. The van der Waals surface area contributed by atoms with Gasteiger partial charge in [0, 0.05) is 24.0 Å². The third kappa shape index (κ3) is 2.63. The first-order valence-electron chi connectivity index (χ1n) is 7.08. The van der Waals surface area contributed by atoms with Crippen molar-refractivity contribution in [1.29, 1.82) is 0 Å². The second-order valence-electron chi connectivity index (χ2n) is 5.19. The van der Waals surface area contributed by atoms with Crippen LogP contribution >= 0.6 is 0 Å². The van der Waals surface area contributed by atoms with Crippen LogP contribution in [0.4, 0.5) is 5.95 Å². The molecule has 104 valence electrons. The maximum absolute atomic E-state index is 4.55. The normalized spacial score (nSPS) is 14.1. The SMILES string of the molecule is c1ccc(-n2cc(-c3ccnc(NC4CC4)n3)cn2)cc1. The monoisotopic (exact) mass is 277 g/mol. The zero-order valence-corrected chi connectivity index (χ0v) is 11.5. The van der Waals surface area contributed by atoms with Gasteiger partial charge >= 0.3 is 0 Å². The highest BCUT2D eigenvalue weighted by molar-refractivity contribution is 5.58. The molecule has 3 aromatic rings. The molecule has 0 atom stereocenters. The molecule has 1 N–H and O–H groups in total. The molecule has 1 aliphatic carbocycles. The molecule has 4 rings (SSSR count). The van der Waals surface area contributed by atoms with Crippen LogP contribution in [0, 0.1) is 0 Å². The van der Waals surface area contributed by atoms with Gasteiger partial charge in [-0.2, -0.15) is 5.10 Å². The molecule has 1 fully saturated rings. The van der Waals surface area contributed by atoms with E-state index >= 15 is 0 Å². The highest BCUT2D eigenvalue weighted by Crippen LogP contribution is 2.24. The van der Waals surface area contributed by atoms with Gasteiger partial charge < -0.3 is 5.32 Å². The van der Waals surface area contributed by atoms with E-state index < -0.39 is 0 Å². The summed E-state index contributed by atoms with van der Waals surface area (Å²) in [6, 6.07) is 12.5. The Labute approximate surface area is 122 Å². The molecule has 2 heterocycles. The highest BCUT2D eigenvalue weighted by Gasteiger charge is 2.21. The Morgan fingerprint density at radius 2 is 1.95 bits per heavy atom. The van der Waals surface area contributed by atoms with Crippen molar-refractivity contribution in [3.8, 4) is 16.9 Å². The molecule has 2 aromatic heterocycles. The van der Waals surface area contributed by atoms with Crippen LogP contribution in [0.1, 0.15) is 12.8 Å². The summed E-state index contributed by atoms with van der Waals surface area (Å²) in [7, 11) is 0. The van der Waals surface area contributed by atoms with Crippen LogP contribution in [-0.4, -0.2) is 25.8 Å². The lowest BCUT2D eigenvalue weighted by atomic mass is 10.2. The number of aromatic nitrogens is 4. The van der Waals surface area contributed by atoms with Gasteiger partial charge in [-0.15, -0.1) is 0 Å². The number of rotatable bonds is 4. The Bertz CT molecular complexity index is 746. The molecular weight excluding hydrogens is 262 g/mol. The molecule has 1 saturated carbocycles. The minimum absolute atomic E-state index is 0.548. The summed E-state index contributed by atoms with van der Waals surface area (Å²) in [6.07, 6.45) is 8.01. The van der Waals surface area contributed by atoms with Gasteiger partial charge in [-0.3, -0.25) is 0 Å². The van der Waals surface area contributed by atoms with Crippen LogP contribution in [0.2, 0.25) is 0 Å². The fraction of sp³-hybridized carbons (Fsp3) is 0.188. The predicted molar refractivity (Wildman–Crippen MR) is 81.2 cm³/mol. The van der Waals surface area contributed by atoms with E-state index in [9.17, 15) is 0 Å². The largest absolute Gasteiger partial charge is 0.351 e. The standard InChI is InChI=1S/C16H15N5/c1-2-4-14(5-3-1)21-11-12(10-18-21)15-8-9-17-16(20-15)19-13-6-7-13/h1-5,8-11,13H,6-7H2,(H,17,19,20). The van der Waals surface area contributed by atoms with Gasteiger partial charge in [-0.25, -0.2) is 14.6 Å².